The second-order valence-corrected chi connectivity index (χ2v) is 8.73. The van der Waals surface area contributed by atoms with E-state index in [0.29, 0.717) is 20.9 Å². The molecule has 1 aromatic carbocycles. The Morgan fingerprint density at radius 3 is 2.86 bits per heavy atom. The minimum Gasteiger partial charge on any atom is -0.309 e. The van der Waals surface area contributed by atoms with Crippen molar-refractivity contribution < 1.29 is 9.59 Å². The molecule has 0 saturated carbocycles. The molecule has 0 aliphatic carbocycles. The van der Waals surface area contributed by atoms with Crippen LogP contribution in [0.15, 0.2) is 39.6 Å². The van der Waals surface area contributed by atoms with E-state index in [4.69, 9.17) is 0 Å². The van der Waals surface area contributed by atoms with Crippen molar-refractivity contribution in [1.82, 2.24) is 9.55 Å². The molecule has 0 spiro atoms. The van der Waals surface area contributed by atoms with Crippen molar-refractivity contribution in [2.75, 3.05) is 10.7 Å². The molecule has 0 radical (unpaired) electrons. The van der Waals surface area contributed by atoms with Crippen molar-refractivity contribution in [3.63, 3.8) is 0 Å². The summed E-state index contributed by atoms with van der Waals surface area (Å²) in [6.07, 6.45) is 0.744. The third-order valence-electron chi connectivity index (χ3n) is 4.95. The molecule has 0 unspecified atom stereocenters. The normalized spacial score (nSPS) is 15.8. The van der Waals surface area contributed by atoms with Gasteiger partial charge < -0.3 is 4.90 Å². The summed E-state index contributed by atoms with van der Waals surface area (Å²) in [6, 6.07) is 7.37. The van der Waals surface area contributed by atoms with Crippen LogP contribution in [0.1, 0.15) is 29.8 Å². The number of anilines is 1. The van der Waals surface area contributed by atoms with E-state index in [1.165, 1.54) is 27.7 Å². The molecule has 0 saturated heterocycles. The summed E-state index contributed by atoms with van der Waals surface area (Å²) in [7, 11) is 1.67. The fourth-order valence-electron chi connectivity index (χ4n) is 3.61. The molecular weight excluding hydrogens is 394 g/mol. The van der Waals surface area contributed by atoms with Gasteiger partial charge in [0.15, 0.2) is 10.9 Å². The number of ketones is 1. The van der Waals surface area contributed by atoms with Crippen molar-refractivity contribution in [2.45, 2.75) is 31.5 Å². The molecule has 28 heavy (non-hydrogen) atoms. The zero-order valence-electron chi connectivity index (χ0n) is 15.8. The van der Waals surface area contributed by atoms with E-state index in [-0.39, 0.29) is 29.0 Å². The number of fused-ring (bicyclic) bond motifs is 2. The molecule has 3 heterocycles. The highest BCUT2D eigenvalue weighted by Gasteiger charge is 2.29. The van der Waals surface area contributed by atoms with Gasteiger partial charge in [0, 0.05) is 31.3 Å². The van der Waals surface area contributed by atoms with Crippen LogP contribution < -0.4 is 10.5 Å². The largest absolute Gasteiger partial charge is 0.309 e. The summed E-state index contributed by atoms with van der Waals surface area (Å²) in [5, 5.41) is 2.98. The molecule has 1 aliphatic heterocycles. The number of Topliss-reactive ketones (excluding diaryl/α,β-unsaturated/α-hetero) is 1. The summed E-state index contributed by atoms with van der Waals surface area (Å²) in [6.45, 7) is 3.56. The van der Waals surface area contributed by atoms with Crippen LogP contribution in [0, 0.1) is 0 Å². The predicted molar refractivity (Wildman–Crippen MR) is 113 cm³/mol. The van der Waals surface area contributed by atoms with Crippen LogP contribution in [0.3, 0.4) is 0 Å². The van der Waals surface area contributed by atoms with Crippen molar-refractivity contribution in [3.05, 3.63) is 51.1 Å². The van der Waals surface area contributed by atoms with Gasteiger partial charge >= 0.3 is 0 Å². The maximum absolute atomic E-state index is 12.7. The molecule has 1 amide bonds. The Labute approximate surface area is 170 Å². The number of nitrogens with zero attached hydrogens (tertiary/aromatic N) is 3. The molecule has 8 heteroatoms. The number of thioether (sulfide) groups is 1. The summed E-state index contributed by atoms with van der Waals surface area (Å²) in [4.78, 5) is 43.9. The van der Waals surface area contributed by atoms with E-state index in [2.05, 4.69) is 4.98 Å². The van der Waals surface area contributed by atoms with Gasteiger partial charge in [-0.15, -0.1) is 11.3 Å². The molecular formula is C20H19N3O3S2. The van der Waals surface area contributed by atoms with E-state index < -0.39 is 0 Å². The number of rotatable bonds is 4. The van der Waals surface area contributed by atoms with Crippen LogP contribution in [0.5, 0.6) is 0 Å². The third-order valence-corrected chi connectivity index (χ3v) is 6.79. The molecule has 0 N–H and O–H groups in total. The van der Waals surface area contributed by atoms with Crippen LogP contribution in [0.25, 0.3) is 10.2 Å². The van der Waals surface area contributed by atoms with Crippen LogP contribution in [-0.2, 0) is 18.3 Å². The molecule has 6 nitrogen and oxygen atoms in total. The van der Waals surface area contributed by atoms with Gasteiger partial charge in [-0.1, -0.05) is 11.8 Å². The minimum atomic E-state index is -0.1000. The second-order valence-electron chi connectivity index (χ2n) is 6.90. The number of hydrogen-bond acceptors (Lipinski definition) is 6. The first-order valence-corrected chi connectivity index (χ1v) is 10.8. The molecule has 3 aromatic rings. The van der Waals surface area contributed by atoms with Crippen LogP contribution in [-0.4, -0.2) is 33.0 Å². The standard InChI is InChI=1S/C20H19N3O3S2/c1-11-8-14-9-13(4-5-16(14)23(11)12(2)24)17(25)10-28-20-21-18-15(6-7-27-18)19(26)22(20)3/h4-7,9,11H,8,10H2,1-3H3/t11-/m0/s1. The Morgan fingerprint density at radius 1 is 1.32 bits per heavy atom. The molecule has 144 valence electrons. The van der Waals surface area contributed by atoms with Crippen molar-refractivity contribution in [2.24, 2.45) is 7.05 Å². The number of amides is 1. The van der Waals surface area contributed by atoms with Gasteiger partial charge in [0.2, 0.25) is 5.91 Å². The monoisotopic (exact) mass is 413 g/mol. The Kier molecular flexibility index (Phi) is 4.84. The van der Waals surface area contributed by atoms with Gasteiger partial charge in [0.05, 0.1) is 11.1 Å². The average Bonchev–Trinajstić information content (AvgIpc) is 3.25. The maximum Gasteiger partial charge on any atom is 0.262 e. The molecule has 0 bridgehead atoms. The van der Waals surface area contributed by atoms with Crippen LogP contribution >= 0.6 is 23.1 Å². The molecule has 0 fully saturated rings. The number of carbonyl (C=O) groups is 2. The molecule has 1 atom stereocenters. The van der Waals surface area contributed by atoms with E-state index in [1.807, 2.05) is 24.4 Å². The maximum atomic E-state index is 12.7. The smallest absolute Gasteiger partial charge is 0.262 e. The second kappa shape index (κ2) is 7.18. The van der Waals surface area contributed by atoms with Gasteiger partial charge in [-0.05, 0) is 48.6 Å². The van der Waals surface area contributed by atoms with Crippen molar-refractivity contribution >= 4 is 50.7 Å². The van der Waals surface area contributed by atoms with Gasteiger partial charge in [0.25, 0.3) is 5.56 Å². The zero-order chi connectivity index (χ0) is 20.0. The number of hydrogen-bond donors (Lipinski definition) is 0. The summed E-state index contributed by atoms with van der Waals surface area (Å²) in [5.74, 6) is 0.182. The van der Waals surface area contributed by atoms with Crippen molar-refractivity contribution in [3.8, 4) is 0 Å². The fraction of sp³-hybridized carbons (Fsp3) is 0.300. The highest BCUT2D eigenvalue weighted by atomic mass is 32.2. The van der Waals surface area contributed by atoms with E-state index in [0.717, 1.165) is 17.7 Å². The lowest BCUT2D eigenvalue weighted by molar-refractivity contribution is -0.116. The van der Waals surface area contributed by atoms with Gasteiger partial charge in [-0.3, -0.25) is 19.0 Å². The first-order valence-electron chi connectivity index (χ1n) is 8.89. The van der Waals surface area contributed by atoms with Crippen LogP contribution in [0.2, 0.25) is 0 Å². The van der Waals surface area contributed by atoms with Gasteiger partial charge in [-0.25, -0.2) is 4.98 Å². The Balaban J connectivity index is 1.54. The Morgan fingerprint density at radius 2 is 2.11 bits per heavy atom. The quantitative estimate of drug-likeness (QED) is 0.373. The molecule has 1 aliphatic rings. The molecule has 2 aromatic heterocycles. The first-order chi connectivity index (χ1) is 13.4. The summed E-state index contributed by atoms with van der Waals surface area (Å²) in [5.41, 5.74) is 2.42. The third kappa shape index (κ3) is 3.16. The van der Waals surface area contributed by atoms with Gasteiger partial charge in [-0.2, -0.15) is 0 Å². The van der Waals surface area contributed by atoms with E-state index in [1.54, 1.807) is 31.0 Å². The lowest BCUT2D eigenvalue weighted by Gasteiger charge is -2.20. The van der Waals surface area contributed by atoms with Crippen molar-refractivity contribution in [1.29, 1.82) is 0 Å². The number of benzene rings is 1. The predicted octanol–water partition coefficient (Wildman–Crippen LogP) is 3.27. The fourth-order valence-corrected chi connectivity index (χ4v) is 5.28. The SMILES string of the molecule is CC(=O)N1c2ccc(C(=O)CSc3nc4sccc4c(=O)n3C)cc2C[C@@H]1C. The summed E-state index contributed by atoms with van der Waals surface area (Å²) < 4.78 is 1.49. The summed E-state index contributed by atoms with van der Waals surface area (Å²) >= 11 is 2.68. The number of thiophene rings is 1. The average molecular weight is 414 g/mol. The topological polar surface area (TPSA) is 72.3 Å². The minimum absolute atomic E-state index is 0.0110. The Hall–Kier alpha value is -2.45. The van der Waals surface area contributed by atoms with E-state index >= 15 is 0 Å². The lowest BCUT2D eigenvalue weighted by Crippen LogP contribution is -2.33. The van der Waals surface area contributed by atoms with Crippen LogP contribution in [0.4, 0.5) is 5.69 Å². The lowest BCUT2D eigenvalue weighted by atomic mass is 10.0. The Bertz CT molecular complexity index is 1170. The van der Waals surface area contributed by atoms with E-state index in [9.17, 15) is 14.4 Å². The number of aromatic nitrogens is 2. The molecule has 4 rings (SSSR count). The zero-order valence-corrected chi connectivity index (χ0v) is 17.4. The highest BCUT2D eigenvalue weighted by molar-refractivity contribution is 7.99. The van der Waals surface area contributed by atoms with Gasteiger partial charge in [0.1, 0.15) is 4.83 Å². The number of carbonyl (C=O) groups excluding carboxylic acids is 2. The highest BCUT2D eigenvalue weighted by Crippen LogP contribution is 2.33. The first kappa shape index (κ1) is 18.9.